The van der Waals surface area contributed by atoms with Gasteiger partial charge < -0.3 is 59.1 Å². The fourth-order valence-corrected chi connectivity index (χ4v) is 5.58. The number of fused-ring (bicyclic) bond motifs is 2. The topological polar surface area (TPSA) is 200 Å². The Kier molecular flexibility index (Phi) is 22.5. The molecule has 0 saturated carbocycles. The number of nitrogens with zero attached hydrogens (tertiary/aromatic N) is 4. The van der Waals surface area contributed by atoms with Crippen LogP contribution in [0.25, 0.3) is 21.8 Å². The van der Waals surface area contributed by atoms with Crippen molar-refractivity contribution < 1.29 is 78.0 Å². The molecule has 0 spiro atoms. The average molecular weight is 885 g/mol. The van der Waals surface area contributed by atoms with Gasteiger partial charge in [0, 0.05) is 73.8 Å². The summed E-state index contributed by atoms with van der Waals surface area (Å²) in [5.41, 5.74) is 3.57. The van der Waals surface area contributed by atoms with Gasteiger partial charge in [-0.1, -0.05) is 29.9 Å². The summed E-state index contributed by atoms with van der Waals surface area (Å²) in [6.45, 7) is 6.69. The number of methoxy groups -OCH3 is 4. The fourth-order valence-electron chi connectivity index (χ4n) is 5.58. The molecule has 4 aromatic carbocycles. The van der Waals surface area contributed by atoms with Crippen LogP contribution < -0.4 is 59.1 Å². The molecule has 0 radical (unpaired) electrons. The minimum Gasteiger partial charge on any atom is -0.870 e. The van der Waals surface area contributed by atoms with Gasteiger partial charge in [0.15, 0.2) is 23.0 Å². The molecule has 6 rings (SSSR count). The van der Waals surface area contributed by atoms with Gasteiger partial charge in [0.2, 0.25) is 0 Å². The molecule has 0 atom stereocenters. The molecule has 17 heteroatoms. The van der Waals surface area contributed by atoms with Crippen molar-refractivity contribution in [3.8, 4) is 47.2 Å². The molecular weight excluding hydrogens is 832 g/mol. The molecule has 2 aromatic heterocycles. The molecule has 0 aliphatic rings. The summed E-state index contributed by atoms with van der Waals surface area (Å²) >= 11 is 0. The van der Waals surface area contributed by atoms with Crippen LogP contribution in [0.4, 0.5) is 23.0 Å². The van der Waals surface area contributed by atoms with Crippen LogP contribution in [0.2, 0.25) is 0 Å². The van der Waals surface area contributed by atoms with Gasteiger partial charge in [-0.3, -0.25) is 0 Å². The molecule has 0 aliphatic heterocycles. The Morgan fingerprint density at radius 3 is 1.34 bits per heavy atom. The summed E-state index contributed by atoms with van der Waals surface area (Å²) in [5, 5.41) is 18.1. The minimum absolute atomic E-state index is 0. The number of terminal acetylenes is 1. The van der Waals surface area contributed by atoms with Gasteiger partial charge in [0.25, 0.3) is 0 Å². The Labute approximate surface area is 395 Å². The van der Waals surface area contributed by atoms with E-state index in [-0.39, 0.29) is 35.0 Å². The van der Waals surface area contributed by atoms with Crippen LogP contribution in [0, 0.1) is 24.2 Å². The molecular formula is C47H53N6NaO10. The Morgan fingerprint density at radius 2 is 0.953 bits per heavy atom. The summed E-state index contributed by atoms with van der Waals surface area (Å²) < 4.78 is 43.7. The van der Waals surface area contributed by atoms with Crippen LogP contribution in [0.1, 0.15) is 25.0 Å². The zero-order valence-corrected chi connectivity index (χ0v) is 39.3. The predicted molar refractivity (Wildman–Crippen MR) is 241 cm³/mol. The maximum absolute atomic E-state index is 9.85. The van der Waals surface area contributed by atoms with Crippen molar-refractivity contribution in [1.82, 2.24) is 19.9 Å². The van der Waals surface area contributed by atoms with Gasteiger partial charge in [0.05, 0.1) is 37.5 Å². The van der Waals surface area contributed by atoms with Gasteiger partial charge in [-0.25, -0.2) is 19.9 Å². The van der Waals surface area contributed by atoms with E-state index in [1.165, 1.54) is 12.7 Å². The molecule has 16 nitrogen and oxygen atoms in total. The van der Waals surface area contributed by atoms with E-state index in [2.05, 4.69) is 48.3 Å². The Bertz CT molecular complexity index is 2490. The first-order valence-electron chi connectivity index (χ1n) is 19.7. The smallest absolute Gasteiger partial charge is 0.870 e. The number of rotatable bonds is 20. The minimum atomic E-state index is -1.06. The molecule has 4 N–H and O–H groups in total. The van der Waals surface area contributed by atoms with Crippen LogP contribution in [0.3, 0.4) is 0 Å². The third-order valence-corrected chi connectivity index (χ3v) is 8.51. The first kappa shape index (κ1) is 52.6. The van der Waals surface area contributed by atoms with E-state index in [1.54, 1.807) is 42.3 Å². The zero-order valence-electron chi connectivity index (χ0n) is 37.3. The van der Waals surface area contributed by atoms with Crippen LogP contribution in [0.5, 0.6) is 23.0 Å². The van der Waals surface area contributed by atoms with Crippen LogP contribution in [-0.4, -0.2) is 117 Å². The first-order chi connectivity index (χ1) is 30.1. The molecule has 2 heterocycles. The second kappa shape index (κ2) is 27.4. The number of hydrogen-bond acceptors (Lipinski definition) is 16. The van der Waals surface area contributed by atoms with Crippen LogP contribution >= 0.6 is 0 Å². The average Bonchev–Trinajstić information content (AvgIpc) is 3.27. The van der Waals surface area contributed by atoms with E-state index >= 15 is 0 Å². The molecule has 0 unspecified atom stereocenters. The fraction of sp³-hybridized carbons (Fsp3) is 0.319. The van der Waals surface area contributed by atoms with Gasteiger partial charge in [-0.15, -0.1) is 6.42 Å². The van der Waals surface area contributed by atoms with Crippen molar-refractivity contribution >= 4 is 44.8 Å². The van der Waals surface area contributed by atoms with E-state index < -0.39 is 5.60 Å². The predicted octanol–water partition coefficient (Wildman–Crippen LogP) is 3.78. The Balaban J connectivity index is 0.000000332. The molecule has 0 aliphatic carbocycles. The summed E-state index contributed by atoms with van der Waals surface area (Å²) in [5.74, 6) is 12.0. The molecule has 0 amide bonds. The second-order valence-corrected chi connectivity index (χ2v) is 13.8. The molecule has 0 bridgehead atoms. The quantitative estimate of drug-likeness (QED) is 0.0568. The van der Waals surface area contributed by atoms with Gasteiger partial charge in [0.1, 0.15) is 56.3 Å². The number of aromatic nitrogens is 4. The van der Waals surface area contributed by atoms with E-state index in [9.17, 15) is 5.11 Å². The van der Waals surface area contributed by atoms with Crippen molar-refractivity contribution in [1.29, 1.82) is 0 Å². The van der Waals surface area contributed by atoms with E-state index in [0.29, 0.717) is 93.0 Å². The van der Waals surface area contributed by atoms with E-state index in [1.807, 2.05) is 72.8 Å². The van der Waals surface area contributed by atoms with E-state index in [0.717, 1.165) is 38.8 Å². The molecule has 64 heavy (non-hydrogen) atoms. The zero-order chi connectivity index (χ0) is 44.2. The number of ether oxygens (including phenoxy) is 8. The molecule has 332 valence electrons. The van der Waals surface area contributed by atoms with Crippen molar-refractivity contribution in [2.24, 2.45) is 0 Å². The van der Waals surface area contributed by atoms with Gasteiger partial charge in [-0.05, 0) is 62.4 Å². The standard InChI is InChI=1S/C25H29N3O5.C22H23N3O4.Na.H2O/c1-25(2,29)9-8-18-6-5-7-19(14-18)28-24-20-15-22(32-12-10-30-3)23(33-13-11-31-4)16-21(20)26-17-27-24;1-4-16-6-5-7-17(12-16)25-22-18-13-20(28-10-8-26-2)21(29-11-9-27-3)14-19(18)23-15-24-22;;/h5-7,14-17,29H,10-13H2,1-4H3,(H,26,27,28);1,5-7,12-15H,8-11H2,2-3H3,(H,23,24,25);;1H2/q;;+1;/p-1. The summed E-state index contributed by atoms with van der Waals surface area (Å²) in [6, 6.07) is 22.5. The maximum Gasteiger partial charge on any atom is 1.00 e. The largest absolute Gasteiger partial charge is 1.00 e. The Morgan fingerprint density at radius 1 is 0.562 bits per heavy atom. The third-order valence-electron chi connectivity index (χ3n) is 8.51. The monoisotopic (exact) mass is 884 g/mol. The molecule has 0 saturated heterocycles. The summed E-state index contributed by atoms with van der Waals surface area (Å²) in [7, 11) is 6.49. The number of aliphatic hydroxyl groups is 1. The van der Waals surface area contributed by atoms with Crippen LogP contribution in [0.15, 0.2) is 85.5 Å². The SMILES string of the molecule is C#Cc1cccc(Nc2ncnc3cc(OCCOC)c(OCCOC)cc23)c1.COCCOc1cc2ncnc(Nc3cccc(C#CC(C)(C)O)c3)c2cc1OCCOC.[Na+].[OH-]. The third kappa shape index (κ3) is 16.4. The number of nitrogens with one attached hydrogen (secondary N) is 2. The van der Waals surface area contributed by atoms with Gasteiger partial charge >= 0.3 is 29.6 Å². The second-order valence-electron chi connectivity index (χ2n) is 13.8. The number of hydrogen-bond donors (Lipinski definition) is 3. The Hall–Kier alpha value is -5.76. The molecule has 6 aromatic rings. The number of benzene rings is 4. The van der Waals surface area contributed by atoms with Crippen molar-refractivity contribution in [3.63, 3.8) is 0 Å². The maximum atomic E-state index is 9.85. The molecule has 0 fully saturated rings. The van der Waals surface area contributed by atoms with Gasteiger partial charge in [-0.2, -0.15) is 0 Å². The van der Waals surface area contributed by atoms with Crippen molar-refractivity contribution in [2.75, 3.05) is 91.9 Å². The van der Waals surface area contributed by atoms with Crippen molar-refractivity contribution in [3.05, 3.63) is 96.6 Å². The summed E-state index contributed by atoms with van der Waals surface area (Å²) in [4.78, 5) is 17.6. The summed E-state index contributed by atoms with van der Waals surface area (Å²) in [6.07, 6.45) is 8.49. The van der Waals surface area contributed by atoms with Crippen LogP contribution in [-0.2, 0) is 18.9 Å². The number of anilines is 4. The van der Waals surface area contributed by atoms with Crippen molar-refractivity contribution in [2.45, 2.75) is 19.4 Å². The normalized spacial score (nSPS) is 10.5. The first-order valence-corrected chi connectivity index (χ1v) is 19.7. The van der Waals surface area contributed by atoms with E-state index in [4.69, 9.17) is 44.3 Å².